The Morgan fingerprint density at radius 2 is 2.00 bits per heavy atom. The van der Waals surface area contributed by atoms with Crippen molar-refractivity contribution in [3.8, 4) is 11.5 Å². The Hall–Kier alpha value is -2.95. The van der Waals surface area contributed by atoms with Gasteiger partial charge in [-0.25, -0.2) is 4.98 Å². The summed E-state index contributed by atoms with van der Waals surface area (Å²) in [7, 11) is 0. The Morgan fingerprint density at radius 3 is 2.92 bits per heavy atom. The summed E-state index contributed by atoms with van der Waals surface area (Å²) in [6, 6.07) is 7.83. The van der Waals surface area contributed by atoms with E-state index in [1.54, 1.807) is 12.3 Å². The number of benzene rings is 2. The van der Waals surface area contributed by atoms with E-state index in [-0.39, 0.29) is 0 Å². The molecule has 1 aliphatic carbocycles. The second-order valence-corrected chi connectivity index (χ2v) is 7.29. The third kappa shape index (κ3) is 1.83. The molecule has 4 heterocycles. The highest BCUT2D eigenvalue weighted by molar-refractivity contribution is 5.95. The van der Waals surface area contributed by atoms with E-state index in [1.807, 2.05) is 12.1 Å². The lowest BCUT2D eigenvalue weighted by Crippen LogP contribution is -2.34. The second-order valence-electron chi connectivity index (χ2n) is 7.29. The van der Waals surface area contributed by atoms with Gasteiger partial charge in [0, 0.05) is 42.0 Å². The van der Waals surface area contributed by atoms with E-state index in [4.69, 9.17) is 14.8 Å². The molecular weight excluding hydrogens is 324 g/mol. The first-order chi connectivity index (χ1) is 12.8. The molecule has 1 N–H and O–H groups in total. The zero-order valence-electron chi connectivity index (χ0n) is 14.4. The summed E-state index contributed by atoms with van der Waals surface area (Å²) >= 11 is 0. The van der Waals surface area contributed by atoms with Gasteiger partial charge in [0.05, 0.1) is 10.9 Å². The molecule has 5 heteroatoms. The van der Waals surface area contributed by atoms with Crippen LogP contribution < -0.4 is 10.3 Å². The Balaban J connectivity index is 1.77. The summed E-state index contributed by atoms with van der Waals surface area (Å²) < 4.78 is 6.37. The standard InChI is InChI=1S/C21H18N4O/c22-15-11-17-19(13-5-1-7-23-18(13)15)24-16-10-12-4-2-8-25-9-3-6-14(20(12)25)21(16)26-17/h1,5,7,10-11,22H,2-4,6,8-9H2. The Morgan fingerprint density at radius 1 is 1.12 bits per heavy atom. The molecule has 0 saturated heterocycles. The van der Waals surface area contributed by atoms with Gasteiger partial charge in [-0.2, -0.15) is 0 Å². The molecule has 3 aliphatic heterocycles. The van der Waals surface area contributed by atoms with Gasteiger partial charge < -0.3 is 9.32 Å². The molecule has 0 radical (unpaired) electrons. The predicted octanol–water partition coefficient (Wildman–Crippen LogP) is 3.66. The zero-order chi connectivity index (χ0) is 17.3. The minimum Gasteiger partial charge on any atom is -0.452 e. The van der Waals surface area contributed by atoms with Crippen LogP contribution in [-0.2, 0) is 12.8 Å². The van der Waals surface area contributed by atoms with Crippen molar-refractivity contribution in [1.29, 1.82) is 5.41 Å². The molecule has 0 saturated carbocycles. The molecule has 0 spiro atoms. The van der Waals surface area contributed by atoms with E-state index in [1.165, 1.54) is 23.2 Å². The molecule has 0 fully saturated rings. The van der Waals surface area contributed by atoms with Crippen molar-refractivity contribution in [2.45, 2.75) is 25.7 Å². The molecule has 4 aliphatic rings. The van der Waals surface area contributed by atoms with Gasteiger partial charge in [0.2, 0.25) is 0 Å². The van der Waals surface area contributed by atoms with Gasteiger partial charge in [0.15, 0.2) is 11.3 Å². The van der Waals surface area contributed by atoms with Crippen molar-refractivity contribution < 1.29 is 4.42 Å². The van der Waals surface area contributed by atoms with Crippen molar-refractivity contribution in [3.05, 3.63) is 46.9 Å². The number of anilines is 1. The van der Waals surface area contributed by atoms with Crippen LogP contribution >= 0.6 is 0 Å². The van der Waals surface area contributed by atoms with Crippen molar-refractivity contribution in [1.82, 2.24) is 9.97 Å². The molecule has 0 atom stereocenters. The van der Waals surface area contributed by atoms with Crippen LogP contribution in [0.25, 0.3) is 33.5 Å². The topological polar surface area (TPSA) is 66.0 Å². The van der Waals surface area contributed by atoms with Gasteiger partial charge >= 0.3 is 0 Å². The SMILES string of the molecule is N=c1cc2oc3c4c5c(cc3nc-2c2cccnc12)CCCN5CCC4. The molecule has 2 aromatic rings. The summed E-state index contributed by atoms with van der Waals surface area (Å²) in [6.45, 7) is 2.28. The third-order valence-corrected chi connectivity index (χ3v) is 5.72. The van der Waals surface area contributed by atoms with Crippen LogP contribution in [0.5, 0.6) is 0 Å². The minimum absolute atomic E-state index is 0.381. The lowest BCUT2D eigenvalue weighted by Gasteiger charge is -2.37. The monoisotopic (exact) mass is 342 g/mol. The number of aryl methyl sites for hydroxylation is 2. The molecule has 0 amide bonds. The van der Waals surface area contributed by atoms with Crippen molar-refractivity contribution in [2.24, 2.45) is 0 Å². The van der Waals surface area contributed by atoms with Crippen LogP contribution in [0.15, 0.2) is 34.9 Å². The molecule has 26 heavy (non-hydrogen) atoms. The maximum Gasteiger partial charge on any atom is 0.158 e. The normalized spacial score (nSPS) is 16.4. The van der Waals surface area contributed by atoms with Crippen LogP contribution in [0, 0.1) is 5.41 Å². The van der Waals surface area contributed by atoms with Crippen LogP contribution in [0.1, 0.15) is 24.0 Å². The van der Waals surface area contributed by atoms with E-state index in [2.05, 4.69) is 16.0 Å². The van der Waals surface area contributed by atoms with Crippen LogP contribution in [0.3, 0.4) is 0 Å². The first-order valence-electron chi connectivity index (χ1n) is 9.26. The van der Waals surface area contributed by atoms with Gasteiger partial charge in [-0.3, -0.25) is 10.4 Å². The molecule has 128 valence electrons. The Labute approximate surface area is 150 Å². The van der Waals surface area contributed by atoms with Gasteiger partial charge in [0.25, 0.3) is 0 Å². The van der Waals surface area contributed by atoms with Gasteiger partial charge in [-0.1, -0.05) is 0 Å². The molecule has 6 rings (SSSR count). The van der Waals surface area contributed by atoms with Crippen LogP contribution in [0.2, 0.25) is 0 Å². The summed E-state index contributed by atoms with van der Waals surface area (Å²) in [6.07, 6.45) is 6.24. The first kappa shape index (κ1) is 14.2. The summed E-state index contributed by atoms with van der Waals surface area (Å²) in [5.41, 5.74) is 7.38. The number of hydrogen-bond donors (Lipinski definition) is 1. The third-order valence-electron chi connectivity index (χ3n) is 5.72. The van der Waals surface area contributed by atoms with Gasteiger partial charge in [-0.15, -0.1) is 0 Å². The molecule has 1 aromatic heterocycles. The van der Waals surface area contributed by atoms with Crippen LogP contribution in [0.4, 0.5) is 5.69 Å². The predicted molar refractivity (Wildman–Crippen MR) is 101 cm³/mol. The number of rotatable bonds is 0. The number of fused-ring (bicyclic) bond motifs is 5. The average molecular weight is 342 g/mol. The molecule has 0 bridgehead atoms. The van der Waals surface area contributed by atoms with Crippen LogP contribution in [-0.4, -0.2) is 23.1 Å². The summed E-state index contributed by atoms with van der Waals surface area (Å²) in [5.74, 6) is 0.673. The molecule has 0 unspecified atom stereocenters. The fourth-order valence-corrected chi connectivity index (χ4v) is 4.65. The first-order valence-corrected chi connectivity index (χ1v) is 9.26. The fourth-order valence-electron chi connectivity index (χ4n) is 4.65. The summed E-state index contributed by atoms with van der Waals surface area (Å²) in [4.78, 5) is 11.8. The van der Waals surface area contributed by atoms with Crippen molar-refractivity contribution >= 4 is 27.7 Å². The van der Waals surface area contributed by atoms with Crippen molar-refractivity contribution in [3.63, 3.8) is 0 Å². The lowest BCUT2D eigenvalue weighted by molar-refractivity contribution is 0.590. The highest BCUT2D eigenvalue weighted by atomic mass is 16.3. The number of nitrogens with zero attached hydrogens (tertiary/aromatic N) is 3. The maximum absolute atomic E-state index is 8.29. The fraction of sp³-hybridized carbons (Fsp3) is 0.286. The highest BCUT2D eigenvalue weighted by Crippen LogP contribution is 2.41. The van der Waals surface area contributed by atoms with Gasteiger partial charge in [-0.05, 0) is 49.4 Å². The highest BCUT2D eigenvalue weighted by Gasteiger charge is 2.28. The number of aromatic nitrogens is 2. The smallest absolute Gasteiger partial charge is 0.158 e. The Kier molecular flexibility index (Phi) is 2.76. The molecule has 1 aromatic carbocycles. The number of nitrogens with one attached hydrogen (secondary N) is 1. The van der Waals surface area contributed by atoms with E-state index in [9.17, 15) is 0 Å². The summed E-state index contributed by atoms with van der Waals surface area (Å²) in [5, 5.41) is 9.55. The molecular formula is C21H18N4O. The maximum atomic E-state index is 8.29. The number of hydrogen-bond acceptors (Lipinski definition) is 5. The van der Waals surface area contributed by atoms with E-state index >= 15 is 0 Å². The van der Waals surface area contributed by atoms with E-state index in [0.717, 1.165) is 54.5 Å². The van der Waals surface area contributed by atoms with E-state index < -0.39 is 0 Å². The number of pyridine rings is 1. The molecule has 5 nitrogen and oxygen atoms in total. The van der Waals surface area contributed by atoms with Crippen molar-refractivity contribution in [2.75, 3.05) is 18.0 Å². The zero-order valence-corrected chi connectivity index (χ0v) is 14.4. The van der Waals surface area contributed by atoms with Gasteiger partial charge in [0.1, 0.15) is 11.2 Å². The minimum atomic E-state index is 0.381. The lowest BCUT2D eigenvalue weighted by atomic mass is 9.91. The largest absolute Gasteiger partial charge is 0.452 e. The van der Waals surface area contributed by atoms with E-state index in [0.29, 0.717) is 16.6 Å². The second kappa shape index (κ2) is 5.04. The Bertz CT molecular complexity index is 1220. The quantitative estimate of drug-likeness (QED) is 0.391. The average Bonchev–Trinajstić information content (AvgIpc) is 2.68.